The van der Waals surface area contributed by atoms with Gasteiger partial charge in [-0.1, -0.05) is 44.9 Å². The highest BCUT2D eigenvalue weighted by Crippen LogP contribution is 2.26. The Hall–Kier alpha value is -3.09. The molecule has 2 aromatic rings. The number of hydrogen-bond donors (Lipinski definition) is 3. The van der Waals surface area contributed by atoms with Gasteiger partial charge in [0.15, 0.2) is 24.0 Å². The summed E-state index contributed by atoms with van der Waals surface area (Å²) in [5.41, 5.74) is 2.87. The molecule has 0 aliphatic carbocycles. The largest absolute Gasteiger partial charge is 0.462 e. The van der Waals surface area contributed by atoms with Crippen LogP contribution in [0.3, 0.4) is 0 Å². The van der Waals surface area contributed by atoms with Gasteiger partial charge in [-0.05, 0) is 25.0 Å². The minimum Gasteiger partial charge on any atom is -0.462 e. The Balaban J connectivity index is 1.71. The van der Waals surface area contributed by atoms with Gasteiger partial charge < -0.3 is 15.4 Å². The van der Waals surface area contributed by atoms with E-state index in [-0.39, 0.29) is 17.7 Å². The van der Waals surface area contributed by atoms with E-state index >= 15 is 0 Å². The second kappa shape index (κ2) is 9.21. The molecule has 1 unspecified atom stereocenters. The Morgan fingerprint density at radius 1 is 1.29 bits per heavy atom. The first-order chi connectivity index (χ1) is 13.6. The predicted molar refractivity (Wildman–Crippen MR) is 106 cm³/mol. The van der Waals surface area contributed by atoms with E-state index < -0.39 is 6.23 Å². The summed E-state index contributed by atoms with van der Waals surface area (Å²) in [6.45, 7) is 4.23. The highest BCUT2D eigenvalue weighted by Gasteiger charge is 2.20. The number of aldehydes is 1. The van der Waals surface area contributed by atoms with Crippen LogP contribution in [0.1, 0.15) is 61.8 Å². The highest BCUT2D eigenvalue weighted by atomic mass is 16.5. The van der Waals surface area contributed by atoms with Crippen LogP contribution < -0.4 is 10.6 Å². The number of rotatable bonds is 9. The average Bonchev–Trinajstić information content (AvgIpc) is 3.38. The number of aromatic amines is 1. The molecule has 0 fully saturated rings. The maximum atomic E-state index is 12.5. The Bertz CT molecular complexity index is 853. The van der Waals surface area contributed by atoms with E-state index in [9.17, 15) is 9.59 Å². The van der Waals surface area contributed by atoms with Gasteiger partial charge in [0.1, 0.15) is 0 Å². The number of nitrogens with zero attached hydrogens (tertiary/aromatic N) is 1. The van der Waals surface area contributed by atoms with Crippen LogP contribution in [0.25, 0.3) is 11.3 Å². The molecule has 148 valence electrons. The van der Waals surface area contributed by atoms with E-state index in [2.05, 4.69) is 34.7 Å². The molecule has 1 aliphatic rings. The molecule has 3 N–H and O–H groups in total. The van der Waals surface area contributed by atoms with Crippen LogP contribution in [-0.4, -0.2) is 28.4 Å². The molecule has 1 aromatic carbocycles. The fourth-order valence-electron chi connectivity index (χ4n) is 3.29. The molecule has 1 atom stereocenters. The van der Waals surface area contributed by atoms with E-state index in [4.69, 9.17) is 4.74 Å². The lowest BCUT2D eigenvalue weighted by Gasteiger charge is -2.16. The minimum atomic E-state index is -0.408. The van der Waals surface area contributed by atoms with Crippen molar-refractivity contribution in [2.45, 2.75) is 51.8 Å². The van der Waals surface area contributed by atoms with Gasteiger partial charge in [0.05, 0.1) is 5.69 Å². The smallest absolute Gasteiger partial charge is 0.272 e. The Morgan fingerprint density at radius 2 is 2.07 bits per heavy atom. The van der Waals surface area contributed by atoms with E-state index in [1.807, 2.05) is 24.3 Å². The molecule has 0 saturated carbocycles. The number of hydrogen-bond acceptors (Lipinski definition) is 5. The maximum absolute atomic E-state index is 12.5. The molecule has 7 heteroatoms. The van der Waals surface area contributed by atoms with Crippen LogP contribution >= 0.6 is 0 Å². The summed E-state index contributed by atoms with van der Waals surface area (Å²) >= 11 is 0. The SMILES string of the molecule is CCCC(CCC)NC(=O)c1cc(-c2cccc(C3NC=C(C=O)O3)c2)[nH]n1. The zero-order valence-electron chi connectivity index (χ0n) is 16.2. The number of carbonyl (C=O) groups is 2. The summed E-state index contributed by atoms with van der Waals surface area (Å²) < 4.78 is 5.51. The molecule has 0 bridgehead atoms. The lowest BCUT2D eigenvalue weighted by molar-refractivity contribution is -0.108. The molecule has 1 aromatic heterocycles. The molecule has 0 spiro atoms. The van der Waals surface area contributed by atoms with E-state index in [0.29, 0.717) is 12.0 Å². The Morgan fingerprint density at radius 3 is 2.75 bits per heavy atom. The van der Waals surface area contributed by atoms with Crippen molar-refractivity contribution in [1.82, 2.24) is 20.8 Å². The summed E-state index contributed by atoms with van der Waals surface area (Å²) in [6, 6.07) is 9.60. The molecular weight excluding hydrogens is 356 g/mol. The van der Waals surface area contributed by atoms with Crippen LogP contribution in [0.2, 0.25) is 0 Å². The van der Waals surface area contributed by atoms with Crippen LogP contribution in [0, 0.1) is 0 Å². The van der Waals surface area contributed by atoms with Crippen molar-refractivity contribution >= 4 is 12.2 Å². The van der Waals surface area contributed by atoms with Crippen molar-refractivity contribution in [2.24, 2.45) is 0 Å². The van der Waals surface area contributed by atoms with Gasteiger partial charge in [-0.2, -0.15) is 5.10 Å². The monoisotopic (exact) mass is 382 g/mol. The van der Waals surface area contributed by atoms with Crippen LogP contribution in [0.4, 0.5) is 0 Å². The second-order valence-corrected chi connectivity index (χ2v) is 6.87. The van der Waals surface area contributed by atoms with Gasteiger partial charge >= 0.3 is 0 Å². The zero-order chi connectivity index (χ0) is 19.9. The number of nitrogens with one attached hydrogen (secondary N) is 3. The molecule has 0 radical (unpaired) electrons. The van der Waals surface area contributed by atoms with Gasteiger partial charge in [0.2, 0.25) is 0 Å². The standard InChI is InChI=1S/C21H26N4O3/c1-3-6-16(7-4-2)23-20(27)19-11-18(24-25-19)14-8-5-9-15(10-14)21-22-12-17(13-26)28-21/h5,8-13,16,21-22H,3-4,6-7H2,1-2H3,(H,23,27)(H,24,25). The van der Waals surface area contributed by atoms with Crippen molar-refractivity contribution in [2.75, 3.05) is 0 Å². The van der Waals surface area contributed by atoms with Gasteiger partial charge in [0, 0.05) is 23.4 Å². The third-order valence-corrected chi connectivity index (χ3v) is 4.67. The fraction of sp³-hybridized carbons (Fsp3) is 0.381. The average molecular weight is 382 g/mol. The molecule has 7 nitrogen and oxygen atoms in total. The van der Waals surface area contributed by atoms with Crippen LogP contribution in [-0.2, 0) is 9.53 Å². The van der Waals surface area contributed by atoms with Crippen molar-refractivity contribution in [3.05, 3.63) is 53.5 Å². The van der Waals surface area contributed by atoms with E-state index in [0.717, 1.165) is 42.5 Å². The number of ether oxygens (including phenoxy) is 1. The van der Waals surface area contributed by atoms with Gasteiger partial charge in [-0.3, -0.25) is 14.7 Å². The third-order valence-electron chi connectivity index (χ3n) is 4.67. The second-order valence-electron chi connectivity index (χ2n) is 6.87. The van der Waals surface area contributed by atoms with Crippen molar-refractivity contribution < 1.29 is 14.3 Å². The summed E-state index contributed by atoms with van der Waals surface area (Å²) in [4.78, 5) is 23.3. The first kappa shape index (κ1) is 19.7. The molecule has 1 amide bonds. The number of allylic oxidation sites excluding steroid dienone is 1. The molecule has 0 saturated heterocycles. The van der Waals surface area contributed by atoms with E-state index in [1.165, 1.54) is 0 Å². The normalized spacial score (nSPS) is 15.7. The number of benzene rings is 1. The van der Waals surface area contributed by atoms with E-state index in [1.54, 1.807) is 12.3 Å². The Kier molecular flexibility index (Phi) is 6.47. The minimum absolute atomic E-state index is 0.161. The van der Waals surface area contributed by atoms with Crippen molar-refractivity contribution in [3.8, 4) is 11.3 Å². The number of carbonyl (C=O) groups excluding carboxylic acids is 2. The molecule has 3 rings (SSSR count). The molecule has 28 heavy (non-hydrogen) atoms. The van der Waals surface area contributed by atoms with Crippen LogP contribution in [0.15, 0.2) is 42.3 Å². The zero-order valence-corrected chi connectivity index (χ0v) is 16.2. The maximum Gasteiger partial charge on any atom is 0.272 e. The lowest BCUT2D eigenvalue weighted by atomic mass is 10.1. The highest BCUT2D eigenvalue weighted by molar-refractivity contribution is 5.93. The van der Waals surface area contributed by atoms with Crippen LogP contribution in [0.5, 0.6) is 0 Å². The topological polar surface area (TPSA) is 96.1 Å². The van der Waals surface area contributed by atoms with Gasteiger partial charge in [0.25, 0.3) is 5.91 Å². The number of H-pyrrole nitrogens is 1. The first-order valence-corrected chi connectivity index (χ1v) is 9.69. The summed E-state index contributed by atoms with van der Waals surface area (Å²) in [6.07, 6.45) is 5.79. The predicted octanol–water partition coefficient (Wildman–Crippen LogP) is 3.43. The van der Waals surface area contributed by atoms with Crippen molar-refractivity contribution in [1.29, 1.82) is 0 Å². The van der Waals surface area contributed by atoms with Crippen molar-refractivity contribution in [3.63, 3.8) is 0 Å². The Labute approximate surface area is 164 Å². The molecule has 1 aliphatic heterocycles. The quantitative estimate of drug-likeness (QED) is 0.578. The van der Waals surface area contributed by atoms with Gasteiger partial charge in [-0.25, -0.2) is 0 Å². The first-order valence-electron chi connectivity index (χ1n) is 9.69. The summed E-state index contributed by atoms with van der Waals surface area (Å²) in [5.74, 6) is 0.107. The van der Waals surface area contributed by atoms with Gasteiger partial charge in [-0.15, -0.1) is 0 Å². The summed E-state index contributed by atoms with van der Waals surface area (Å²) in [5, 5.41) is 13.2. The number of amides is 1. The fourth-order valence-corrected chi connectivity index (χ4v) is 3.29. The lowest BCUT2D eigenvalue weighted by Crippen LogP contribution is -2.34. The molecule has 2 heterocycles. The number of aromatic nitrogens is 2. The molecular formula is C21H26N4O3. The third kappa shape index (κ3) is 4.60. The summed E-state index contributed by atoms with van der Waals surface area (Å²) in [7, 11) is 0.